The summed E-state index contributed by atoms with van der Waals surface area (Å²) in [4.78, 5) is 15.1. The van der Waals surface area contributed by atoms with Gasteiger partial charge in [0.25, 0.3) is 15.7 Å². The number of alkyl halides is 6. The Labute approximate surface area is 131 Å². The number of imidazole rings is 1. The van der Waals surface area contributed by atoms with Crippen molar-refractivity contribution in [2.24, 2.45) is 12.8 Å². The van der Waals surface area contributed by atoms with E-state index in [4.69, 9.17) is 0 Å². The zero-order chi connectivity index (χ0) is 19.1. The van der Waals surface area contributed by atoms with Crippen LogP contribution in [0.4, 0.5) is 31.1 Å². The molecule has 1 aromatic rings. The maximum atomic E-state index is 13.8. The Morgan fingerprint density at radius 1 is 1.29 bits per heavy atom. The number of sulfonamides is 1. The summed E-state index contributed by atoms with van der Waals surface area (Å²) in [6, 6.07) is -8.06. The van der Waals surface area contributed by atoms with E-state index in [2.05, 4.69) is 10.7 Å². The number of urea groups is 1. The largest absolute Gasteiger partial charge is 0.430 e. The van der Waals surface area contributed by atoms with E-state index in [0.717, 1.165) is 21.9 Å². The Hall–Kier alpha value is -2.03. The molecule has 24 heavy (non-hydrogen) atoms. The number of aryl methyl sites for hydroxylation is 1. The molecule has 0 aromatic carbocycles. The molecule has 0 saturated carbocycles. The van der Waals surface area contributed by atoms with Gasteiger partial charge < -0.3 is 10.3 Å². The monoisotopic (exact) mass is 383 g/mol. The van der Waals surface area contributed by atoms with Crippen molar-refractivity contribution in [3.05, 3.63) is 12.5 Å². The molecule has 3 N–H and O–H groups in total. The predicted octanol–water partition coefficient (Wildman–Crippen LogP) is 0.877. The van der Waals surface area contributed by atoms with Crippen molar-refractivity contribution >= 4 is 16.1 Å². The van der Waals surface area contributed by atoms with E-state index in [0.29, 0.717) is 0 Å². The van der Waals surface area contributed by atoms with Crippen LogP contribution in [0.15, 0.2) is 17.6 Å². The third-order valence-electron chi connectivity index (χ3n) is 2.77. The molecule has 0 aliphatic carbocycles. The van der Waals surface area contributed by atoms with Crippen molar-refractivity contribution in [1.29, 1.82) is 0 Å². The Morgan fingerprint density at radius 2 is 1.79 bits per heavy atom. The molecule has 0 saturated heterocycles. The number of primary amides is 1. The summed E-state index contributed by atoms with van der Waals surface area (Å²) >= 11 is 0. The maximum absolute atomic E-state index is 13.8. The van der Waals surface area contributed by atoms with Gasteiger partial charge in [-0.3, -0.25) is 0 Å². The predicted molar refractivity (Wildman–Crippen MR) is 65.5 cm³/mol. The molecule has 1 rings (SSSR count). The molecule has 1 aromatic heterocycles. The first kappa shape index (κ1) is 20.0. The Bertz CT molecular complexity index is 728. The molecule has 8 nitrogen and oxygen atoms in total. The first-order valence-electron chi connectivity index (χ1n) is 5.77. The van der Waals surface area contributed by atoms with E-state index in [-0.39, 0.29) is 0 Å². The van der Waals surface area contributed by atoms with E-state index in [1.807, 2.05) is 0 Å². The summed E-state index contributed by atoms with van der Waals surface area (Å²) in [6.45, 7) is -0.571. The number of carbonyl (C=O) groups excluding carboxylic acids is 1. The van der Waals surface area contributed by atoms with Gasteiger partial charge in [0.05, 0.1) is 6.33 Å². The minimum absolute atomic E-state index is 0.571. The fourth-order valence-electron chi connectivity index (χ4n) is 1.32. The number of hydrogen-bond donors (Lipinski definition) is 2. The van der Waals surface area contributed by atoms with Gasteiger partial charge in [-0.1, -0.05) is 0 Å². The molecule has 0 radical (unpaired) electrons. The Morgan fingerprint density at radius 3 is 2.12 bits per heavy atom. The number of nitrogens with zero attached hydrogens (tertiary/aromatic N) is 3. The van der Waals surface area contributed by atoms with Crippen LogP contribution in [0.1, 0.15) is 6.92 Å². The van der Waals surface area contributed by atoms with Crippen LogP contribution in [-0.4, -0.2) is 46.9 Å². The number of nitrogens with two attached hydrogens (primary N) is 1. The molecule has 1 atom stereocenters. The molecule has 0 fully saturated rings. The topological polar surface area (TPSA) is 110 Å². The number of halogens is 6. The molecule has 0 bridgehead atoms. The highest BCUT2D eigenvalue weighted by atomic mass is 32.2. The molecule has 15 heteroatoms. The molecule has 1 heterocycles. The molecular formula is C9H11F6N5O3S. The van der Waals surface area contributed by atoms with Gasteiger partial charge in [-0.15, -0.1) is 4.83 Å². The highest BCUT2D eigenvalue weighted by molar-refractivity contribution is 7.89. The highest BCUT2D eigenvalue weighted by Crippen LogP contribution is 2.46. The zero-order valence-corrected chi connectivity index (χ0v) is 12.8. The number of hydrazine groups is 1. The number of amides is 2. The average molecular weight is 383 g/mol. The van der Waals surface area contributed by atoms with Crippen LogP contribution in [0.2, 0.25) is 0 Å². The van der Waals surface area contributed by atoms with Crippen molar-refractivity contribution in [2.75, 3.05) is 0 Å². The van der Waals surface area contributed by atoms with Crippen molar-refractivity contribution < 1.29 is 39.6 Å². The number of carbonyl (C=O) groups is 1. The van der Waals surface area contributed by atoms with E-state index in [1.165, 1.54) is 7.05 Å². The maximum Gasteiger partial charge on any atom is 0.430 e. The van der Waals surface area contributed by atoms with Gasteiger partial charge >= 0.3 is 18.3 Å². The van der Waals surface area contributed by atoms with Crippen molar-refractivity contribution in [3.8, 4) is 0 Å². The summed E-state index contributed by atoms with van der Waals surface area (Å²) in [5, 5.41) is -2.37. The molecule has 0 spiro atoms. The molecule has 0 aliphatic rings. The standard InChI is InChI=1S/C9H11F6N5O3S/c1-7(10,8(11,12)13)9(14,15)20(6(16)21)18-24(22,23)5-3-19(2)4-17-5/h3-4,18H,1-2H3,(H2,16,21). The number of aromatic nitrogens is 2. The van der Waals surface area contributed by atoms with Crippen LogP contribution in [0.25, 0.3) is 0 Å². The van der Waals surface area contributed by atoms with E-state index in [9.17, 15) is 39.6 Å². The van der Waals surface area contributed by atoms with Crippen molar-refractivity contribution in [3.63, 3.8) is 0 Å². The highest BCUT2D eigenvalue weighted by Gasteiger charge is 2.72. The summed E-state index contributed by atoms with van der Waals surface area (Å²) in [5.74, 6) is 0. The molecule has 2 amide bonds. The number of nitrogens with one attached hydrogen (secondary N) is 1. The minimum Gasteiger partial charge on any atom is -0.350 e. The second-order valence-corrected chi connectivity index (χ2v) is 6.30. The van der Waals surface area contributed by atoms with E-state index in [1.54, 1.807) is 0 Å². The Balaban J connectivity index is 3.32. The summed E-state index contributed by atoms with van der Waals surface area (Å²) < 4.78 is 103. The van der Waals surface area contributed by atoms with Gasteiger partial charge in [0.15, 0.2) is 5.03 Å². The fourth-order valence-corrected chi connectivity index (χ4v) is 2.35. The van der Waals surface area contributed by atoms with Crippen molar-refractivity contribution in [1.82, 2.24) is 19.4 Å². The SMILES string of the molecule is Cn1cnc(S(=O)(=O)NN(C(N)=O)C(F)(F)C(C)(F)C(F)(F)F)c1. The zero-order valence-electron chi connectivity index (χ0n) is 12.0. The lowest BCUT2D eigenvalue weighted by Crippen LogP contribution is -2.68. The van der Waals surface area contributed by atoms with Gasteiger partial charge in [-0.25, -0.2) is 22.6 Å². The minimum atomic E-state index is -6.14. The first-order valence-corrected chi connectivity index (χ1v) is 7.26. The lowest BCUT2D eigenvalue weighted by atomic mass is 10.1. The smallest absolute Gasteiger partial charge is 0.350 e. The van der Waals surface area contributed by atoms with Crippen LogP contribution in [0, 0.1) is 0 Å². The van der Waals surface area contributed by atoms with Crippen LogP contribution < -0.4 is 10.6 Å². The van der Waals surface area contributed by atoms with Crippen LogP contribution in [0.5, 0.6) is 0 Å². The average Bonchev–Trinajstić information content (AvgIpc) is 2.81. The van der Waals surface area contributed by atoms with Gasteiger partial charge in [-0.2, -0.15) is 27.0 Å². The lowest BCUT2D eigenvalue weighted by molar-refractivity contribution is -0.329. The first-order chi connectivity index (χ1) is 10.5. The molecule has 1 unspecified atom stereocenters. The third-order valence-corrected chi connectivity index (χ3v) is 3.95. The van der Waals surface area contributed by atoms with Crippen LogP contribution >= 0.6 is 0 Å². The summed E-state index contributed by atoms with van der Waals surface area (Å²) in [5.41, 5.74) is -0.830. The molecule has 0 aliphatic heterocycles. The summed E-state index contributed by atoms with van der Waals surface area (Å²) in [7, 11) is -3.74. The number of rotatable bonds is 5. The second-order valence-electron chi connectivity index (χ2n) is 4.69. The summed E-state index contributed by atoms with van der Waals surface area (Å²) in [6.07, 6.45) is -4.42. The fraction of sp³-hybridized carbons (Fsp3) is 0.556. The Kier molecular flexibility index (Phi) is 4.84. The van der Waals surface area contributed by atoms with Gasteiger partial charge in [0.2, 0.25) is 0 Å². The van der Waals surface area contributed by atoms with E-state index < -0.39 is 50.9 Å². The normalized spacial score (nSPS) is 15.8. The molecular weight excluding hydrogens is 372 g/mol. The van der Waals surface area contributed by atoms with Crippen LogP contribution in [0.3, 0.4) is 0 Å². The van der Waals surface area contributed by atoms with E-state index >= 15 is 0 Å². The lowest BCUT2D eigenvalue weighted by Gasteiger charge is -2.37. The number of hydrogen-bond acceptors (Lipinski definition) is 4. The van der Waals surface area contributed by atoms with Crippen molar-refractivity contribution in [2.45, 2.75) is 29.8 Å². The third kappa shape index (κ3) is 3.40. The molecule has 138 valence electrons. The van der Waals surface area contributed by atoms with Gasteiger partial charge in [0, 0.05) is 13.2 Å². The quantitative estimate of drug-likeness (QED) is 0.447. The second kappa shape index (κ2) is 5.80. The van der Waals surface area contributed by atoms with Crippen LogP contribution in [-0.2, 0) is 17.1 Å². The van der Waals surface area contributed by atoms with Gasteiger partial charge in [-0.05, 0) is 6.92 Å². The van der Waals surface area contributed by atoms with Gasteiger partial charge in [0.1, 0.15) is 0 Å².